The smallest absolute Gasteiger partial charge is 0.237 e. The molecule has 0 saturated carbocycles. The van der Waals surface area contributed by atoms with Crippen LogP contribution >= 0.6 is 23.4 Å². The van der Waals surface area contributed by atoms with Gasteiger partial charge in [-0.1, -0.05) is 51.4 Å². The van der Waals surface area contributed by atoms with Crippen LogP contribution in [-0.4, -0.2) is 17.1 Å². The molecule has 1 unspecified atom stereocenters. The summed E-state index contributed by atoms with van der Waals surface area (Å²) in [5.41, 5.74) is 2.25. The summed E-state index contributed by atoms with van der Waals surface area (Å²) in [5.74, 6) is -0.0779. The summed E-state index contributed by atoms with van der Waals surface area (Å²) in [6, 6.07) is 13.1. The molecule has 2 amide bonds. The van der Waals surface area contributed by atoms with Gasteiger partial charge >= 0.3 is 0 Å². The molecule has 1 atom stereocenters. The van der Waals surface area contributed by atoms with Crippen LogP contribution in [0.3, 0.4) is 0 Å². The Labute approximate surface area is 182 Å². The fourth-order valence-corrected chi connectivity index (χ4v) is 3.96. The molecular formula is C23H29ClN2O2S. The Morgan fingerprint density at radius 1 is 1.10 bits per heavy atom. The van der Waals surface area contributed by atoms with Crippen molar-refractivity contribution in [3.8, 4) is 0 Å². The van der Waals surface area contributed by atoms with Gasteiger partial charge in [0.2, 0.25) is 11.8 Å². The number of anilines is 2. The van der Waals surface area contributed by atoms with E-state index in [9.17, 15) is 9.59 Å². The number of nitrogens with one attached hydrogen (secondary N) is 2. The van der Waals surface area contributed by atoms with Gasteiger partial charge in [0.05, 0.1) is 5.25 Å². The van der Waals surface area contributed by atoms with Gasteiger partial charge < -0.3 is 10.6 Å². The minimum atomic E-state index is -0.256. The van der Waals surface area contributed by atoms with Crippen molar-refractivity contribution in [2.75, 3.05) is 10.6 Å². The van der Waals surface area contributed by atoms with E-state index in [4.69, 9.17) is 11.6 Å². The van der Waals surface area contributed by atoms with Gasteiger partial charge in [-0.25, -0.2) is 0 Å². The zero-order chi connectivity index (χ0) is 21.6. The lowest BCUT2D eigenvalue weighted by Crippen LogP contribution is -2.25. The van der Waals surface area contributed by atoms with Gasteiger partial charge in [0.1, 0.15) is 0 Å². The van der Waals surface area contributed by atoms with Crippen molar-refractivity contribution in [2.24, 2.45) is 5.41 Å². The number of carbonyl (C=O) groups excluding carboxylic acids is 2. The Morgan fingerprint density at radius 2 is 1.79 bits per heavy atom. The molecule has 29 heavy (non-hydrogen) atoms. The molecule has 156 valence electrons. The van der Waals surface area contributed by atoms with Gasteiger partial charge in [0, 0.05) is 27.7 Å². The van der Waals surface area contributed by atoms with E-state index in [2.05, 4.69) is 10.6 Å². The summed E-state index contributed by atoms with van der Waals surface area (Å²) < 4.78 is 0. The van der Waals surface area contributed by atoms with Crippen molar-refractivity contribution in [1.29, 1.82) is 0 Å². The molecule has 2 aromatic carbocycles. The van der Waals surface area contributed by atoms with E-state index in [-0.39, 0.29) is 22.5 Å². The number of benzene rings is 2. The lowest BCUT2D eigenvalue weighted by atomic mass is 9.92. The van der Waals surface area contributed by atoms with Crippen molar-refractivity contribution in [2.45, 2.75) is 57.6 Å². The van der Waals surface area contributed by atoms with Crippen molar-refractivity contribution >= 4 is 46.6 Å². The Morgan fingerprint density at radius 3 is 2.45 bits per heavy atom. The highest BCUT2D eigenvalue weighted by Gasteiger charge is 2.20. The molecule has 0 aliphatic rings. The fourth-order valence-electron chi connectivity index (χ4n) is 2.78. The maximum absolute atomic E-state index is 12.8. The normalized spacial score (nSPS) is 12.3. The molecule has 2 N–H and O–H groups in total. The number of hydrogen-bond acceptors (Lipinski definition) is 3. The van der Waals surface area contributed by atoms with Gasteiger partial charge in [0.25, 0.3) is 0 Å². The Hall–Kier alpha value is -1.98. The maximum Gasteiger partial charge on any atom is 0.237 e. The van der Waals surface area contributed by atoms with Crippen molar-refractivity contribution in [3.63, 3.8) is 0 Å². The van der Waals surface area contributed by atoms with Gasteiger partial charge in [-0.2, -0.15) is 0 Å². The van der Waals surface area contributed by atoms with Crippen molar-refractivity contribution in [1.82, 2.24) is 0 Å². The minimum Gasteiger partial charge on any atom is -0.326 e. The van der Waals surface area contributed by atoms with Gasteiger partial charge in [0.15, 0.2) is 0 Å². The molecule has 2 rings (SSSR count). The van der Waals surface area contributed by atoms with Crippen LogP contribution in [0.15, 0.2) is 47.4 Å². The fraction of sp³-hybridized carbons (Fsp3) is 0.391. The molecule has 0 fully saturated rings. The molecule has 0 saturated heterocycles. The van der Waals surface area contributed by atoms with E-state index in [0.29, 0.717) is 17.9 Å². The Balaban J connectivity index is 2.05. The molecule has 0 bridgehead atoms. The highest BCUT2D eigenvalue weighted by atomic mass is 35.5. The first-order valence-corrected chi connectivity index (χ1v) is 11.0. The van der Waals surface area contributed by atoms with Crippen LogP contribution in [0.4, 0.5) is 11.4 Å². The van der Waals surface area contributed by atoms with Crippen LogP contribution < -0.4 is 10.6 Å². The minimum absolute atomic E-state index is 0.0131. The monoisotopic (exact) mass is 432 g/mol. The number of carbonyl (C=O) groups is 2. The molecule has 0 radical (unpaired) electrons. The average molecular weight is 433 g/mol. The largest absolute Gasteiger partial charge is 0.326 e. The van der Waals surface area contributed by atoms with Crippen LogP contribution in [0.25, 0.3) is 0 Å². The highest BCUT2D eigenvalue weighted by molar-refractivity contribution is 8.00. The second-order valence-corrected chi connectivity index (χ2v) is 9.91. The summed E-state index contributed by atoms with van der Waals surface area (Å²) in [5, 5.41) is 6.30. The number of amides is 2. The predicted molar refractivity (Wildman–Crippen MR) is 124 cm³/mol. The topological polar surface area (TPSA) is 58.2 Å². The molecule has 0 spiro atoms. The summed E-state index contributed by atoms with van der Waals surface area (Å²) in [4.78, 5) is 25.9. The lowest BCUT2D eigenvalue weighted by molar-refractivity contribution is -0.118. The zero-order valence-corrected chi connectivity index (χ0v) is 19.2. The van der Waals surface area contributed by atoms with Gasteiger partial charge in [-0.05, 0) is 54.7 Å². The Bertz CT molecular complexity index is 877. The quantitative estimate of drug-likeness (QED) is 0.489. The first kappa shape index (κ1) is 23.3. The summed E-state index contributed by atoms with van der Waals surface area (Å²) in [6.45, 7) is 9.97. The standard InChI is InChI=1S/C23H29ClN2O2S/c1-6-20(22(28)26-19-12-8-11-18(24)15(19)2)29-17-10-7-9-16(13-17)25-21(27)14-23(3,4)5/h7-13,20H,6,14H2,1-5H3,(H,25,27)(H,26,28). The average Bonchev–Trinajstić information content (AvgIpc) is 2.62. The first-order valence-electron chi connectivity index (χ1n) is 9.71. The first-order chi connectivity index (χ1) is 13.6. The number of halogens is 1. The van der Waals surface area contributed by atoms with Crippen LogP contribution in [0, 0.1) is 12.3 Å². The summed E-state index contributed by atoms with van der Waals surface area (Å²) in [7, 11) is 0. The van der Waals surface area contributed by atoms with Gasteiger partial charge in [-0.3, -0.25) is 9.59 Å². The number of hydrogen-bond donors (Lipinski definition) is 2. The number of rotatable bonds is 7. The second-order valence-electron chi connectivity index (χ2n) is 8.23. The zero-order valence-electron chi connectivity index (χ0n) is 17.6. The third kappa shape index (κ3) is 7.41. The van der Waals surface area contributed by atoms with E-state index in [0.717, 1.165) is 21.8 Å². The van der Waals surface area contributed by atoms with Crippen LogP contribution in [0.1, 0.15) is 46.1 Å². The molecule has 6 heteroatoms. The molecule has 0 heterocycles. The second kappa shape index (κ2) is 10.2. The van der Waals surface area contributed by atoms with Crippen LogP contribution in [0.2, 0.25) is 5.02 Å². The third-order valence-electron chi connectivity index (χ3n) is 4.28. The van der Waals surface area contributed by atoms with Crippen molar-refractivity contribution < 1.29 is 9.59 Å². The van der Waals surface area contributed by atoms with E-state index < -0.39 is 0 Å². The lowest BCUT2D eigenvalue weighted by Gasteiger charge is -2.18. The van der Waals surface area contributed by atoms with Crippen LogP contribution in [0.5, 0.6) is 0 Å². The molecule has 0 aromatic heterocycles. The molecular weight excluding hydrogens is 404 g/mol. The SMILES string of the molecule is CCC(Sc1cccc(NC(=O)CC(C)(C)C)c1)C(=O)Nc1cccc(Cl)c1C. The molecule has 0 aliphatic carbocycles. The highest BCUT2D eigenvalue weighted by Crippen LogP contribution is 2.30. The van der Waals surface area contributed by atoms with Crippen molar-refractivity contribution in [3.05, 3.63) is 53.1 Å². The Kier molecular flexibility index (Phi) is 8.17. The summed E-state index contributed by atoms with van der Waals surface area (Å²) in [6.07, 6.45) is 1.13. The molecule has 4 nitrogen and oxygen atoms in total. The van der Waals surface area contributed by atoms with E-state index in [1.807, 2.05) is 71.0 Å². The van der Waals surface area contributed by atoms with E-state index in [1.165, 1.54) is 11.8 Å². The molecule has 0 aliphatic heterocycles. The van der Waals surface area contributed by atoms with E-state index >= 15 is 0 Å². The third-order valence-corrected chi connectivity index (χ3v) is 6.04. The molecule has 2 aromatic rings. The van der Waals surface area contributed by atoms with Gasteiger partial charge in [-0.15, -0.1) is 11.8 Å². The number of thioether (sulfide) groups is 1. The predicted octanol–water partition coefficient (Wildman–Crippen LogP) is 6.53. The summed E-state index contributed by atoms with van der Waals surface area (Å²) >= 11 is 7.63. The van der Waals surface area contributed by atoms with E-state index in [1.54, 1.807) is 6.07 Å². The maximum atomic E-state index is 12.8. The van der Waals surface area contributed by atoms with Crippen LogP contribution in [-0.2, 0) is 9.59 Å².